The van der Waals surface area contributed by atoms with E-state index in [-0.39, 0.29) is 23.6 Å². The van der Waals surface area contributed by atoms with E-state index in [0.29, 0.717) is 0 Å². The molecule has 2 aromatic rings. The van der Waals surface area contributed by atoms with E-state index in [4.69, 9.17) is 4.74 Å². The number of rotatable bonds is 6. The molecule has 0 aliphatic rings. The predicted molar refractivity (Wildman–Crippen MR) is 96.7 cm³/mol. The maximum absolute atomic E-state index is 12.8. The zero-order valence-electron chi connectivity index (χ0n) is 14.5. The zero-order valence-corrected chi connectivity index (χ0v) is 14.5. The Hall–Kier alpha value is -4.02. The van der Waals surface area contributed by atoms with Crippen molar-refractivity contribution in [1.82, 2.24) is 5.43 Å². The third-order valence-corrected chi connectivity index (χ3v) is 3.26. The number of halogens is 1. The standard InChI is InChI=1S/C17H15FN4O6/c1-2-28-14-8-10(7-13(15(14)23)22(26)27)9-19-21-17(25)16(24)20-12-5-3-11(18)4-6-12/h3-9,23H,2H2,1H3,(H,20,24)(H,21,25)/b19-9+. The van der Waals surface area contributed by atoms with Crippen LogP contribution in [0.1, 0.15) is 12.5 Å². The third kappa shape index (κ3) is 5.24. The first kappa shape index (κ1) is 20.3. The molecule has 0 unspecified atom stereocenters. The molecule has 0 aromatic heterocycles. The minimum atomic E-state index is -1.11. The van der Waals surface area contributed by atoms with Gasteiger partial charge in [-0.3, -0.25) is 19.7 Å². The summed E-state index contributed by atoms with van der Waals surface area (Å²) in [5.74, 6) is -3.42. The third-order valence-electron chi connectivity index (χ3n) is 3.26. The highest BCUT2D eigenvalue weighted by molar-refractivity contribution is 6.39. The zero-order chi connectivity index (χ0) is 20.7. The van der Waals surface area contributed by atoms with E-state index in [1.807, 2.05) is 5.43 Å². The van der Waals surface area contributed by atoms with E-state index in [9.17, 15) is 29.2 Å². The molecule has 2 aromatic carbocycles. The van der Waals surface area contributed by atoms with Gasteiger partial charge in [-0.15, -0.1) is 0 Å². The Kier molecular flexibility index (Phi) is 6.58. The molecule has 3 N–H and O–H groups in total. The number of amides is 2. The second kappa shape index (κ2) is 9.07. The number of phenols is 1. The number of aromatic hydroxyl groups is 1. The number of ether oxygens (including phenoxy) is 1. The average Bonchev–Trinajstić information content (AvgIpc) is 2.65. The fourth-order valence-electron chi connectivity index (χ4n) is 2.03. The lowest BCUT2D eigenvalue weighted by Crippen LogP contribution is -2.32. The number of anilines is 1. The van der Waals surface area contributed by atoms with Crippen LogP contribution in [0.25, 0.3) is 0 Å². The molecule has 0 saturated heterocycles. The Labute approximate surface area is 157 Å². The molecule has 0 heterocycles. The lowest BCUT2D eigenvalue weighted by molar-refractivity contribution is -0.386. The number of carbonyl (C=O) groups excluding carboxylic acids is 2. The van der Waals surface area contributed by atoms with Crippen LogP contribution < -0.4 is 15.5 Å². The highest BCUT2D eigenvalue weighted by Crippen LogP contribution is 2.36. The van der Waals surface area contributed by atoms with E-state index >= 15 is 0 Å². The van der Waals surface area contributed by atoms with E-state index < -0.39 is 34.0 Å². The number of benzene rings is 2. The van der Waals surface area contributed by atoms with Gasteiger partial charge in [-0.05, 0) is 37.3 Å². The lowest BCUT2D eigenvalue weighted by atomic mass is 10.2. The van der Waals surface area contributed by atoms with Crippen molar-refractivity contribution in [3.05, 3.63) is 57.9 Å². The highest BCUT2D eigenvalue weighted by atomic mass is 19.1. The van der Waals surface area contributed by atoms with Gasteiger partial charge >= 0.3 is 17.5 Å². The molecule has 28 heavy (non-hydrogen) atoms. The van der Waals surface area contributed by atoms with E-state index in [1.54, 1.807) is 6.92 Å². The summed E-state index contributed by atoms with van der Waals surface area (Å²) < 4.78 is 17.9. The van der Waals surface area contributed by atoms with Gasteiger partial charge in [-0.1, -0.05) is 0 Å². The van der Waals surface area contributed by atoms with Gasteiger partial charge in [-0.2, -0.15) is 5.10 Å². The molecule has 0 aliphatic heterocycles. The van der Waals surface area contributed by atoms with Gasteiger partial charge in [0.05, 0.1) is 17.7 Å². The fourth-order valence-corrected chi connectivity index (χ4v) is 2.03. The number of hydrogen-bond donors (Lipinski definition) is 3. The normalized spacial score (nSPS) is 10.5. The van der Waals surface area contributed by atoms with Gasteiger partial charge in [-0.25, -0.2) is 9.82 Å². The summed E-state index contributed by atoms with van der Waals surface area (Å²) in [4.78, 5) is 33.6. The van der Waals surface area contributed by atoms with Crippen molar-refractivity contribution in [2.75, 3.05) is 11.9 Å². The summed E-state index contributed by atoms with van der Waals surface area (Å²) in [5.41, 5.74) is 1.70. The maximum atomic E-state index is 12.8. The minimum absolute atomic E-state index is 0.126. The predicted octanol–water partition coefficient (Wildman–Crippen LogP) is 1.93. The number of phenolic OH excluding ortho intramolecular Hbond substituents is 1. The van der Waals surface area contributed by atoms with Gasteiger partial charge in [0.2, 0.25) is 5.75 Å². The topological polar surface area (TPSA) is 143 Å². The molecule has 0 aliphatic carbocycles. The van der Waals surface area contributed by atoms with Crippen LogP contribution in [-0.2, 0) is 9.59 Å². The van der Waals surface area contributed by atoms with Gasteiger partial charge in [0.1, 0.15) is 5.82 Å². The number of nitrogens with zero attached hydrogens (tertiary/aromatic N) is 2. The number of hydrogen-bond acceptors (Lipinski definition) is 7. The molecule has 2 amide bonds. The Morgan fingerprint density at radius 2 is 1.96 bits per heavy atom. The van der Waals surface area contributed by atoms with Crippen LogP contribution in [0.4, 0.5) is 15.8 Å². The molecule has 11 heteroatoms. The first-order valence-electron chi connectivity index (χ1n) is 7.86. The highest BCUT2D eigenvalue weighted by Gasteiger charge is 2.20. The minimum Gasteiger partial charge on any atom is -0.500 e. The Morgan fingerprint density at radius 1 is 1.29 bits per heavy atom. The van der Waals surface area contributed by atoms with Crippen LogP contribution >= 0.6 is 0 Å². The monoisotopic (exact) mass is 390 g/mol. The largest absolute Gasteiger partial charge is 0.500 e. The number of carbonyl (C=O) groups is 2. The molecule has 10 nitrogen and oxygen atoms in total. The van der Waals surface area contributed by atoms with E-state index in [2.05, 4.69) is 10.4 Å². The summed E-state index contributed by atoms with van der Waals surface area (Å²) in [6, 6.07) is 7.06. The molecule has 0 saturated carbocycles. The fraction of sp³-hybridized carbons (Fsp3) is 0.118. The summed E-state index contributed by atoms with van der Waals surface area (Å²) in [7, 11) is 0. The average molecular weight is 390 g/mol. The van der Waals surface area contributed by atoms with Crippen molar-refractivity contribution in [1.29, 1.82) is 0 Å². The van der Waals surface area contributed by atoms with Crippen LogP contribution in [0, 0.1) is 15.9 Å². The van der Waals surface area contributed by atoms with Gasteiger partial charge in [0.15, 0.2) is 5.75 Å². The van der Waals surface area contributed by atoms with E-state index in [0.717, 1.165) is 24.4 Å². The van der Waals surface area contributed by atoms with Crippen LogP contribution in [0.5, 0.6) is 11.5 Å². The summed E-state index contributed by atoms with van der Waals surface area (Å²) in [5, 5.41) is 26.6. The Morgan fingerprint density at radius 3 is 2.57 bits per heavy atom. The van der Waals surface area contributed by atoms with Crippen LogP contribution in [0.2, 0.25) is 0 Å². The first-order chi connectivity index (χ1) is 13.3. The molecule has 0 spiro atoms. The molecule has 0 radical (unpaired) electrons. The summed E-state index contributed by atoms with van der Waals surface area (Å²) in [6.07, 6.45) is 1.04. The molecule has 0 bridgehead atoms. The van der Waals surface area contributed by atoms with Crippen molar-refractivity contribution in [3.63, 3.8) is 0 Å². The van der Waals surface area contributed by atoms with E-state index in [1.165, 1.54) is 18.2 Å². The molecule has 2 rings (SSSR count). The quantitative estimate of drug-likeness (QED) is 0.298. The van der Waals surface area contributed by atoms with Crippen molar-refractivity contribution >= 4 is 29.4 Å². The maximum Gasteiger partial charge on any atom is 0.329 e. The first-order valence-corrected chi connectivity index (χ1v) is 7.86. The Balaban J connectivity index is 2.06. The summed E-state index contributed by atoms with van der Waals surface area (Å²) in [6.45, 7) is 1.79. The van der Waals surface area contributed by atoms with Gasteiger partial charge in [0.25, 0.3) is 0 Å². The second-order valence-electron chi connectivity index (χ2n) is 5.24. The SMILES string of the molecule is CCOc1cc(/C=N/NC(=O)C(=O)Nc2ccc(F)cc2)cc([N+](=O)[O-])c1O. The van der Waals surface area contributed by atoms with Gasteiger partial charge < -0.3 is 15.2 Å². The lowest BCUT2D eigenvalue weighted by Gasteiger charge is -2.07. The van der Waals surface area contributed by atoms with Crippen LogP contribution in [0.15, 0.2) is 41.5 Å². The van der Waals surface area contributed by atoms with Crippen molar-refractivity contribution in [3.8, 4) is 11.5 Å². The number of nitro benzene ring substituents is 1. The molecular formula is C17H15FN4O6. The van der Waals surface area contributed by atoms with Crippen molar-refractivity contribution in [2.45, 2.75) is 6.92 Å². The van der Waals surface area contributed by atoms with Crippen molar-refractivity contribution < 1.29 is 28.7 Å². The number of nitro groups is 1. The summed E-state index contributed by atoms with van der Waals surface area (Å²) >= 11 is 0. The van der Waals surface area contributed by atoms with Crippen LogP contribution in [-0.4, -0.2) is 34.7 Å². The Bertz CT molecular complexity index is 930. The molecular weight excluding hydrogens is 375 g/mol. The number of hydrazone groups is 1. The molecule has 146 valence electrons. The smallest absolute Gasteiger partial charge is 0.329 e. The number of nitrogens with one attached hydrogen (secondary N) is 2. The second-order valence-corrected chi connectivity index (χ2v) is 5.24. The molecule has 0 atom stereocenters. The van der Waals surface area contributed by atoms with Crippen molar-refractivity contribution in [2.24, 2.45) is 5.10 Å². The van der Waals surface area contributed by atoms with Crippen LogP contribution in [0.3, 0.4) is 0 Å². The molecule has 0 fully saturated rings. The van der Waals surface area contributed by atoms with Gasteiger partial charge in [0, 0.05) is 17.3 Å².